The lowest BCUT2D eigenvalue weighted by atomic mass is 10.2. The van der Waals surface area contributed by atoms with E-state index in [4.69, 9.17) is 11.6 Å². The summed E-state index contributed by atoms with van der Waals surface area (Å²) >= 11 is 7.72. The molecule has 2 heterocycles. The van der Waals surface area contributed by atoms with Crippen molar-refractivity contribution in [1.82, 2.24) is 9.97 Å². The van der Waals surface area contributed by atoms with Gasteiger partial charge in [-0.1, -0.05) is 6.92 Å². The van der Waals surface area contributed by atoms with Gasteiger partial charge in [0, 0.05) is 11.9 Å². The maximum absolute atomic E-state index is 6.06. The van der Waals surface area contributed by atoms with Gasteiger partial charge in [-0.05, 0) is 24.3 Å². The molecule has 0 aliphatic carbocycles. The first-order valence-electron chi connectivity index (χ1n) is 5.37. The van der Waals surface area contributed by atoms with Crippen molar-refractivity contribution in [2.45, 2.75) is 25.1 Å². The molecule has 0 saturated carbocycles. The highest BCUT2D eigenvalue weighted by Gasteiger charge is 2.05. The SMILES string of the molecule is CCC(Cl)CCNc1ncnc2ccsc12. The van der Waals surface area contributed by atoms with Crippen molar-refractivity contribution >= 4 is 39.0 Å². The Labute approximate surface area is 104 Å². The molecule has 1 unspecified atom stereocenters. The first-order valence-corrected chi connectivity index (χ1v) is 6.69. The van der Waals surface area contributed by atoms with E-state index in [1.807, 2.05) is 11.4 Å². The van der Waals surface area contributed by atoms with Crippen LogP contribution in [0.3, 0.4) is 0 Å². The molecular formula is C11H14ClN3S. The largest absolute Gasteiger partial charge is 0.369 e. The fourth-order valence-electron chi connectivity index (χ4n) is 1.47. The van der Waals surface area contributed by atoms with E-state index in [1.54, 1.807) is 17.7 Å². The van der Waals surface area contributed by atoms with E-state index in [0.29, 0.717) is 0 Å². The van der Waals surface area contributed by atoms with Gasteiger partial charge in [0.25, 0.3) is 0 Å². The Balaban J connectivity index is 2.01. The molecule has 86 valence electrons. The summed E-state index contributed by atoms with van der Waals surface area (Å²) in [6, 6.07) is 2.00. The fraction of sp³-hybridized carbons (Fsp3) is 0.455. The maximum Gasteiger partial charge on any atom is 0.147 e. The average molecular weight is 256 g/mol. The fourth-order valence-corrected chi connectivity index (χ4v) is 2.39. The molecule has 0 aliphatic rings. The summed E-state index contributed by atoms with van der Waals surface area (Å²) in [5.74, 6) is 0.917. The van der Waals surface area contributed by atoms with E-state index in [0.717, 1.165) is 35.4 Å². The molecule has 0 bridgehead atoms. The normalized spacial score (nSPS) is 12.9. The second kappa shape index (κ2) is 5.46. The summed E-state index contributed by atoms with van der Waals surface area (Å²) in [6.07, 6.45) is 3.55. The first-order chi connectivity index (χ1) is 7.81. The minimum Gasteiger partial charge on any atom is -0.369 e. The van der Waals surface area contributed by atoms with Crippen LogP contribution in [-0.4, -0.2) is 21.9 Å². The summed E-state index contributed by atoms with van der Waals surface area (Å²) in [5, 5.41) is 5.59. The number of alkyl halides is 1. The topological polar surface area (TPSA) is 37.8 Å². The molecule has 0 spiro atoms. The van der Waals surface area contributed by atoms with Crippen LogP contribution in [-0.2, 0) is 0 Å². The lowest BCUT2D eigenvalue weighted by Crippen LogP contribution is -2.09. The third-order valence-corrected chi connectivity index (χ3v) is 3.87. The van der Waals surface area contributed by atoms with Gasteiger partial charge in [-0.15, -0.1) is 22.9 Å². The molecule has 16 heavy (non-hydrogen) atoms. The van der Waals surface area contributed by atoms with Gasteiger partial charge in [0.1, 0.15) is 12.1 Å². The predicted octanol–water partition coefficient (Wildman–Crippen LogP) is 3.51. The number of nitrogens with one attached hydrogen (secondary N) is 1. The molecule has 0 amide bonds. The van der Waals surface area contributed by atoms with Crippen molar-refractivity contribution in [3.05, 3.63) is 17.8 Å². The number of nitrogens with zero attached hydrogens (tertiary/aromatic N) is 2. The van der Waals surface area contributed by atoms with Gasteiger partial charge in [-0.3, -0.25) is 0 Å². The molecule has 5 heteroatoms. The van der Waals surface area contributed by atoms with Crippen LogP contribution in [0.25, 0.3) is 10.2 Å². The molecule has 2 aromatic rings. The Bertz CT molecular complexity index is 457. The first kappa shape index (κ1) is 11.6. The molecule has 0 aliphatic heterocycles. The summed E-state index contributed by atoms with van der Waals surface area (Å²) < 4.78 is 1.12. The van der Waals surface area contributed by atoms with Gasteiger partial charge in [0.15, 0.2) is 0 Å². The number of aromatic nitrogens is 2. The van der Waals surface area contributed by atoms with Crippen LogP contribution in [0.4, 0.5) is 5.82 Å². The Morgan fingerprint density at radius 2 is 2.38 bits per heavy atom. The van der Waals surface area contributed by atoms with Gasteiger partial charge in [-0.2, -0.15) is 0 Å². The lowest BCUT2D eigenvalue weighted by molar-refractivity contribution is 0.752. The molecule has 2 rings (SSSR count). The van der Waals surface area contributed by atoms with Crippen molar-refractivity contribution in [2.24, 2.45) is 0 Å². The highest BCUT2D eigenvalue weighted by atomic mass is 35.5. The van der Waals surface area contributed by atoms with Gasteiger partial charge in [0.2, 0.25) is 0 Å². The van der Waals surface area contributed by atoms with E-state index < -0.39 is 0 Å². The van der Waals surface area contributed by atoms with Crippen LogP contribution in [0.1, 0.15) is 19.8 Å². The van der Waals surface area contributed by atoms with Crippen LogP contribution in [0, 0.1) is 0 Å². The van der Waals surface area contributed by atoms with Gasteiger partial charge >= 0.3 is 0 Å². The molecule has 3 nitrogen and oxygen atoms in total. The van der Waals surface area contributed by atoms with Crippen molar-refractivity contribution in [1.29, 1.82) is 0 Å². The molecule has 1 N–H and O–H groups in total. The number of halogens is 1. The summed E-state index contributed by atoms with van der Waals surface area (Å²) in [4.78, 5) is 8.44. The third kappa shape index (κ3) is 2.62. The molecule has 0 radical (unpaired) electrons. The second-order valence-corrected chi connectivity index (χ2v) is 5.11. The zero-order valence-corrected chi connectivity index (χ0v) is 10.7. The molecule has 0 saturated heterocycles. The summed E-state index contributed by atoms with van der Waals surface area (Å²) in [5.41, 5.74) is 1.00. The molecule has 0 fully saturated rings. The van der Waals surface area contributed by atoms with E-state index >= 15 is 0 Å². The minimum absolute atomic E-state index is 0.244. The highest BCUT2D eigenvalue weighted by molar-refractivity contribution is 7.17. The Kier molecular flexibility index (Phi) is 3.96. The highest BCUT2D eigenvalue weighted by Crippen LogP contribution is 2.24. The zero-order valence-electron chi connectivity index (χ0n) is 9.11. The third-order valence-electron chi connectivity index (χ3n) is 2.44. The van der Waals surface area contributed by atoms with Crippen LogP contribution in [0.5, 0.6) is 0 Å². The molecule has 0 aromatic carbocycles. The monoisotopic (exact) mass is 255 g/mol. The smallest absolute Gasteiger partial charge is 0.147 e. The standard InChI is InChI=1S/C11H14ClN3S/c1-2-8(12)3-5-13-11-10-9(4-6-16-10)14-7-15-11/h4,6-8H,2-3,5H2,1H3,(H,13,14,15). The average Bonchev–Trinajstić information content (AvgIpc) is 2.77. The van der Waals surface area contributed by atoms with Crippen LogP contribution in [0.15, 0.2) is 17.8 Å². The molecule has 2 aromatic heterocycles. The number of rotatable bonds is 5. The van der Waals surface area contributed by atoms with Gasteiger partial charge in [-0.25, -0.2) is 9.97 Å². The number of hydrogen-bond donors (Lipinski definition) is 1. The minimum atomic E-state index is 0.244. The van der Waals surface area contributed by atoms with E-state index in [-0.39, 0.29) is 5.38 Å². The van der Waals surface area contributed by atoms with Crippen molar-refractivity contribution in [2.75, 3.05) is 11.9 Å². The van der Waals surface area contributed by atoms with Gasteiger partial charge in [0.05, 0.1) is 10.2 Å². The van der Waals surface area contributed by atoms with Crippen molar-refractivity contribution < 1.29 is 0 Å². The van der Waals surface area contributed by atoms with Crippen LogP contribution >= 0.6 is 22.9 Å². The summed E-state index contributed by atoms with van der Waals surface area (Å²) in [6.45, 7) is 2.95. The Hall–Kier alpha value is -0.870. The second-order valence-electron chi connectivity index (χ2n) is 3.58. The number of anilines is 1. The Morgan fingerprint density at radius 1 is 1.50 bits per heavy atom. The van der Waals surface area contributed by atoms with Crippen LogP contribution < -0.4 is 5.32 Å². The van der Waals surface area contributed by atoms with Crippen LogP contribution in [0.2, 0.25) is 0 Å². The number of thiophene rings is 1. The predicted molar refractivity (Wildman–Crippen MR) is 70.5 cm³/mol. The molecule has 1 atom stereocenters. The van der Waals surface area contributed by atoms with Gasteiger partial charge < -0.3 is 5.32 Å². The summed E-state index contributed by atoms with van der Waals surface area (Å²) in [7, 11) is 0. The van der Waals surface area contributed by atoms with E-state index in [2.05, 4.69) is 22.2 Å². The molecular weight excluding hydrogens is 242 g/mol. The lowest BCUT2D eigenvalue weighted by Gasteiger charge is -2.08. The zero-order chi connectivity index (χ0) is 11.4. The van der Waals surface area contributed by atoms with Crippen molar-refractivity contribution in [3.63, 3.8) is 0 Å². The quantitative estimate of drug-likeness (QED) is 0.831. The number of hydrogen-bond acceptors (Lipinski definition) is 4. The van der Waals surface area contributed by atoms with E-state index in [9.17, 15) is 0 Å². The maximum atomic E-state index is 6.06. The Morgan fingerprint density at radius 3 is 3.19 bits per heavy atom. The number of fused-ring (bicyclic) bond motifs is 1. The van der Waals surface area contributed by atoms with Crippen molar-refractivity contribution in [3.8, 4) is 0 Å². The van der Waals surface area contributed by atoms with E-state index in [1.165, 1.54) is 0 Å².